The normalized spacial score (nSPS) is 12.1. The Balaban J connectivity index is 2.77. The summed E-state index contributed by atoms with van der Waals surface area (Å²) in [5, 5.41) is 20.8. The van der Waals surface area contributed by atoms with Gasteiger partial charge in [0.25, 0.3) is 0 Å². The van der Waals surface area contributed by atoms with Gasteiger partial charge in [-0.15, -0.1) is 14.7 Å². The van der Waals surface area contributed by atoms with Gasteiger partial charge in [0.2, 0.25) is 0 Å². The number of fused-ring (bicyclic) bond motifs is 1. The highest BCUT2D eigenvalue weighted by Crippen LogP contribution is 2.36. The fraction of sp³-hybridized carbons (Fsp3) is 0.167. The third-order valence-electron chi connectivity index (χ3n) is 2.96. The molecule has 0 radical (unpaired) electrons. The molecule has 0 amide bonds. The summed E-state index contributed by atoms with van der Waals surface area (Å²) in [6.07, 6.45) is 0. The molecule has 0 saturated heterocycles. The van der Waals surface area contributed by atoms with Crippen molar-refractivity contribution in [3.8, 4) is 0 Å². The van der Waals surface area contributed by atoms with Crippen molar-refractivity contribution >= 4 is 33.5 Å². The summed E-state index contributed by atoms with van der Waals surface area (Å²) in [6.45, 7) is 1.89. The van der Waals surface area contributed by atoms with E-state index in [1.54, 1.807) is 6.92 Å². The number of hydrogen-bond acceptors (Lipinski definition) is 7. The zero-order valence-corrected chi connectivity index (χ0v) is 10.5. The van der Waals surface area contributed by atoms with Crippen molar-refractivity contribution in [3.05, 3.63) is 44.2 Å². The Morgan fingerprint density at radius 1 is 0.900 bits per heavy atom. The van der Waals surface area contributed by atoms with Crippen LogP contribution in [0.1, 0.15) is 6.92 Å². The van der Waals surface area contributed by atoms with Gasteiger partial charge in [-0.3, -0.25) is 0 Å². The summed E-state index contributed by atoms with van der Waals surface area (Å²) in [7, 11) is 0. The average molecular weight is 274 g/mol. The van der Waals surface area contributed by atoms with E-state index in [-0.39, 0.29) is 34.4 Å². The van der Waals surface area contributed by atoms with E-state index in [1.165, 1.54) is 24.3 Å². The summed E-state index contributed by atoms with van der Waals surface area (Å²) in [5.41, 5.74) is -0.0696. The first-order valence-electron chi connectivity index (χ1n) is 5.79. The highest BCUT2D eigenvalue weighted by atomic mass is 16.5. The van der Waals surface area contributed by atoms with Crippen LogP contribution in [0.15, 0.2) is 39.8 Å². The number of hydrogen-bond donors (Lipinski definition) is 1. The van der Waals surface area contributed by atoms with Crippen LogP contribution in [0.5, 0.6) is 0 Å². The molecule has 0 fully saturated rings. The number of quaternary nitrogens is 1. The van der Waals surface area contributed by atoms with Crippen molar-refractivity contribution in [3.63, 3.8) is 0 Å². The number of benzene rings is 2. The quantitative estimate of drug-likeness (QED) is 0.666. The van der Waals surface area contributed by atoms with Crippen molar-refractivity contribution in [1.29, 1.82) is 0 Å². The van der Waals surface area contributed by atoms with Gasteiger partial charge in [0.1, 0.15) is 11.4 Å². The standard InChI is InChI=1S/C12H10N4O4/c1-2-16(20)12-6-8-4-10(14-18)9(13-17)3-7(8)5-11(12)15-19/h3-6,16H,2H2,1H3. The first-order chi connectivity index (χ1) is 9.64. The molecule has 8 nitrogen and oxygen atoms in total. The Morgan fingerprint density at radius 2 is 1.35 bits per heavy atom. The minimum atomic E-state index is -0.236. The molecule has 2 rings (SSSR count). The summed E-state index contributed by atoms with van der Waals surface area (Å²) < 4.78 is 0. The second kappa shape index (κ2) is 5.59. The Labute approximate surface area is 112 Å². The minimum absolute atomic E-state index is 0.00647. The summed E-state index contributed by atoms with van der Waals surface area (Å²) in [6, 6.07) is 5.52. The molecule has 0 heterocycles. The van der Waals surface area contributed by atoms with Crippen molar-refractivity contribution in [1.82, 2.24) is 0 Å². The molecule has 1 atom stereocenters. The molecule has 0 aliphatic heterocycles. The lowest BCUT2D eigenvalue weighted by atomic mass is 10.1. The van der Waals surface area contributed by atoms with Gasteiger partial charge in [-0.2, -0.15) is 0 Å². The van der Waals surface area contributed by atoms with Gasteiger partial charge in [0.05, 0.1) is 6.54 Å². The molecule has 0 aliphatic rings. The number of rotatable bonds is 5. The van der Waals surface area contributed by atoms with Crippen LogP contribution in [0.25, 0.3) is 10.8 Å². The molecule has 0 saturated carbocycles. The van der Waals surface area contributed by atoms with E-state index in [0.29, 0.717) is 10.8 Å². The first-order valence-corrected chi connectivity index (χ1v) is 5.79. The Kier molecular flexibility index (Phi) is 3.87. The molecule has 2 aromatic carbocycles. The third kappa shape index (κ3) is 2.29. The van der Waals surface area contributed by atoms with Crippen LogP contribution in [0, 0.1) is 19.9 Å². The van der Waals surface area contributed by atoms with Gasteiger partial charge in [-0.25, -0.2) is 0 Å². The average Bonchev–Trinajstić information content (AvgIpc) is 2.51. The van der Waals surface area contributed by atoms with Crippen LogP contribution in [0.3, 0.4) is 0 Å². The maximum absolute atomic E-state index is 11.8. The van der Waals surface area contributed by atoms with Gasteiger partial charge in [0, 0.05) is 6.07 Å². The van der Waals surface area contributed by atoms with Crippen molar-refractivity contribution in [2.24, 2.45) is 15.5 Å². The van der Waals surface area contributed by atoms with Crippen LogP contribution in [0.4, 0.5) is 22.7 Å². The predicted octanol–water partition coefficient (Wildman–Crippen LogP) is 3.07. The van der Waals surface area contributed by atoms with Crippen LogP contribution >= 0.6 is 0 Å². The lowest BCUT2D eigenvalue weighted by Crippen LogP contribution is -3.01. The van der Waals surface area contributed by atoms with Gasteiger partial charge in [-0.1, -0.05) is 0 Å². The van der Waals surface area contributed by atoms with E-state index >= 15 is 0 Å². The van der Waals surface area contributed by atoms with Crippen LogP contribution < -0.4 is 5.06 Å². The first kappa shape index (κ1) is 13.8. The van der Waals surface area contributed by atoms with Crippen molar-refractivity contribution < 1.29 is 5.06 Å². The number of nitrogens with zero attached hydrogens (tertiary/aromatic N) is 3. The molecule has 0 bridgehead atoms. The molecule has 2 aromatic rings. The SMILES string of the molecule is CC[NH+]([O-])c1cc2cc(N=O)c(N=O)cc2cc1N=O. The highest BCUT2D eigenvalue weighted by Gasteiger charge is 2.14. The molecule has 1 unspecified atom stereocenters. The molecule has 0 aromatic heterocycles. The molecular formula is C12H10N4O4. The van der Waals surface area contributed by atoms with Crippen molar-refractivity contribution in [2.45, 2.75) is 6.92 Å². The fourth-order valence-corrected chi connectivity index (χ4v) is 1.95. The Bertz CT molecular complexity index is 701. The smallest absolute Gasteiger partial charge is 0.169 e. The van der Waals surface area contributed by atoms with Crippen LogP contribution in [-0.2, 0) is 0 Å². The van der Waals surface area contributed by atoms with E-state index in [1.807, 2.05) is 0 Å². The Morgan fingerprint density at radius 3 is 1.80 bits per heavy atom. The molecule has 1 N–H and O–H groups in total. The fourth-order valence-electron chi connectivity index (χ4n) is 1.95. The van der Waals surface area contributed by atoms with Crippen LogP contribution in [-0.4, -0.2) is 6.54 Å². The summed E-state index contributed by atoms with van der Waals surface area (Å²) >= 11 is 0. The molecule has 102 valence electrons. The van der Waals surface area contributed by atoms with E-state index < -0.39 is 0 Å². The van der Waals surface area contributed by atoms with Gasteiger partial charge >= 0.3 is 0 Å². The minimum Gasteiger partial charge on any atom is -0.629 e. The van der Waals surface area contributed by atoms with E-state index in [4.69, 9.17) is 0 Å². The molecular weight excluding hydrogens is 264 g/mol. The third-order valence-corrected chi connectivity index (χ3v) is 2.96. The number of hydroxylamine groups is 1. The van der Waals surface area contributed by atoms with E-state index in [2.05, 4.69) is 15.5 Å². The predicted molar refractivity (Wildman–Crippen MR) is 74.8 cm³/mol. The summed E-state index contributed by atoms with van der Waals surface area (Å²) in [5.74, 6) is 0. The maximum Gasteiger partial charge on any atom is 0.169 e. The monoisotopic (exact) mass is 274 g/mol. The van der Waals surface area contributed by atoms with Gasteiger partial charge in [-0.05, 0) is 51.4 Å². The Hall–Kier alpha value is -2.58. The number of nitrogens with one attached hydrogen (secondary N) is 1. The van der Waals surface area contributed by atoms with Crippen LogP contribution in [0.2, 0.25) is 0 Å². The lowest BCUT2D eigenvalue weighted by molar-refractivity contribution is -0.773. The summed E-state index contributed by atoms with van der Waals surface area (Å²) in [4.78, 5) is 32.1. The molecule has 8 heteroatoms. The zero-order valence-electron chi connectivity index (χ0n) is 10.5. The maximum atomic E-state index is 11.8. The lowest BCUT2D eigenvalue weighted by Gasteiger charge is -2.20. The highest BCUT2D eigenvalue weighted by molar-refractivity contribution is 5.94. The van der Waals surface area contributed by atoms with E-state index in [0.717, 1.165) is 0 Å². The largest absolute Gasteiger partial charge is 0.629 e. The van der Waals surface area contributed by atoms with Gasteiger partial charge in [0.15, 0.2) is 11.4 Å². The molecule has 0 aliphatic carbocycles. The topological polar surface area (TPSA) is 116 Å². The second-order valence-electron chi connectivity index (χ2n) is 4.11. The van der Waals surface area contributed by atoms with Gasteiger partial charge < -0.3 is 10.3 Å². The molecule has 20 heavy (non-hydrogen) atoms. The van der Waals surface area contributed by atoms with E-state index in [9.17, 15) is 19.9 Å². The van der Waals surface area contributed by atoms with Crippen molar-refractivity contribution in [2.75, 3.05) is 6.54 Å². The molecule has 0 spiro atoms. The second-order valence-corrected chi connectivity index (χ2v) is 4.11. The number of nitroso groups, excluding NO2 is 3. The zero-order chi connectivity index (χ0) is 14.7.